The van der Waals surface area contributed by atoms with E-state index in [1.54, 1.807) is 14.2 Å². The lowest BCUT2D eigenvalue weighted by atomic mass is 10.1. The van der Waals surface area contributed by atoms with Crippen molar-refractivity contribution in [1.29, 1.82) is 0 Å². The molecule has 4 heteroatoms. The Kier molecular flexibility index (Phi) is 6.30. The van der Waals surface area contributed by atoms with Crippen molar-refractivity contribution in [2.24, 2.45) is 0 Å². The molecular weight excluding hydrogens is 252 g/mol. The van der Waals surface area contributed by atoms with Gasteiger partial charge in [-0.25, -0.2) is 0 Å². The van der Waals surface area contributed by atoms with Gasteiger partial charge in [0.05, 0.1) is 14.2 Å². The topological polar surface area (TPSA) is 42.5 Å². The minimum Gasteiger partial charge on any atom is -0.497 e. The van der Waals surface area contributed by atoms with Crippen LogP contribution < -0.4 is 20.1 Å². The van der Waals surface area contributed by atoms with Crippen LogP contribution in [0.3, 0.4) is 0 Å². The molecule has 1 atom stereocenters. The number of benzene rings is 1. The Bertz CT molecular complexity index is 413. The Morgan fingerprint density at radius 2 is 1.85 bits per heavy atom. The molecule has 0 aliphatic heterocycles. The second-order valence-corrected chi connectivity index (χ2v) is 6.09. The van der Waals surface area contributed by atoms with Crippen molar-refractivity contribution in [3.8, 4) is 11.5 Å². The molecule has 20 heavy (non-hydrogen) atoms. The van der Waals surface area contributed by atoms with E-state index in [-0.39, 0.29) is 5.54 Å². The summed E-state index contributed by atoms with van der Waals surface area (Å²) in [4.78, 5) is 0. The number of ether oxygens (including phenoxy) is 2. The third-order valence-corrected chi connectivity index (χ3v) is 3.07. The van der Waals surface area contributed by atoms with Crippen molar-refractivity contribution in [3.63, 3.8) is 0 Å². The fourth-order valence-electron chi connectivity index (χ4n) is 1.84. The van der Waals surface area contributed by atoms with Crippen molar-refractivity contribution in [1.82, 2.24) is 10.6 Å². The van der Waals surface area contributed by atoms with E-state index in [0.717, 1.165) is 30.2 Å². The predicted octanol–water partition coefficient (Wildman–Crippen LogP) is 2.57. The molecule has 0 aromatic heterocycles. The lowest BCUT2D eigenvalue weighted by molar-refractivity contribution is 0.379. The number of hydrogen-bond donors (Lipinski definition) is 2. The second-order valence-electron chi connectivity index (χ2n) is 6.09. The van der Waals surface area contributed by atoms with Gasteiger partial charge < -0.3 is 20.1 Å². The molecule has 1 rings (SSSR count). The van der Waals surface area contributed by atoms with Crippen LogP contribution in [-0.2, 0) is 6.54 Å². The molecule has 2 N–H and O–H groups in total. The molecule has 0 spiro atoms. The zero-order valence-corrected chi connectivity index (χ0v) is 13.5. The first-order chi connectivity index (χ1) is 9.35. The van der Waals surface area contributed by atoms with Crippen LogP contribution in [0.25, 0.3) is 0 Å². The van der Waals surface area contributed by atoms with Crippen molar-refractivity contribution in [3.05, 3.63) is 23.8 Å². The van der Waals surface area contributed by atoms with Gasteiger partial charge >= 0.3 is 0 Å². The summed E-state index contributed by atoms with van der Waals surface area (Å²) in [6.07, 6.45) is 0. The molecule has 0 fully saturated rings. The lowest BCUT2D eigenvalue weighted by Gasteiger charge is -2.24. The van der Waals surface area contributed by atoms with Gasteiger partial charge in [0.15, 0.2) is 0 Å². The summed E-state index contributed by atoms with van der Waals surface area (Å²) in [5.41, 5.74) is 1.25. The molecule has 114 valence electrons. The molecule has 0 heterocycles. The van der Waals surface area contributed by atoms with Crippen LogP contribution in [0, 0.1) is 0 Å². The fraction of sp³-hybridized carbons (Fsp3) is 0.625. The summed E-state index contributed by atoms with van der Waals surface area (Å²) < 4.78 is 10.6. The zero-order chi connectivity index (χ0) is 15.2. The SMILES string of the molecule is COc1ccc(OC)c(CNC(C)CNC(C)(C)C)c1. The normalized spacial score (nSPS) is 13.1. The number of hydrogen-bond acceptors (Lipinski definition) is 4. The number of methoxy groups -OCH3 is 2. The second kappa shape index (κ2) is 7.50. The van der Waals surface area contributed by atoms with Crippen LogP contribution in [0.5, 0.6) is 11.5 Å². The summed E-state index contributed by atoms with van der Waals surface area (Å²) in [6, 6.07) is 6.24. The van der Waals surface area contributed by atoms with Crippen LogP contribution in [0.15, 0.2) is 18.2 Å². The van der Waals surface area contributed by atoms with E-state index in [4.69, 9.17) is 9.47 Å². The van der Waals surface area contributed by atoms with E-state index in [1.807, 2.05) is 18.2 Å². The molecule has 0 radical (unpaired) electrons. The third-order valence-electron chi connectivity index (χ3n) is 3.07. The summed E-state index contributed by atoms with van der Waals surface area (Å²) in [7, 11) is 3.37. The Labute approximate surface area is 122 Å². The van der Waals surface area contributed by atoms with Crippen molar-refractivity contribution >= 4 is 0 Å². The minimum absolute atomic E-state index is 0.142. The van der Waals surface area contributed by atoms with Crippen molar-refractivity contribution in [2.45, 2.75) is 45.8 Å². The number of rotatable bonds is 7. The van der Waals surface area contributed by atoms with E-state index >= 15 is 0 Å². The van der Waals surface area contributed by atoms with Crippen LogP contribution in [0.4, 0.5) is 0 Å². The molecule has 4 nitrogen and oxygen atoms in total. The lowest BCUT2D eigenvalue weighted by Crippen LogP contribution is -2.44. The van der Waals surface area contributed by atoms with Gasteiger partial charge in [-0.1, -0.05) is 0 Å². The average molecular weight is 280 g/mol. The van der Waals surface area contributed by atoms with Crippen LogP contribution >= 0.6 is 0 Å². The fourth-order valence-corrected chi connectivity index (χ4v) is 1.84. The molecule has 1 aromatic rings. The van der Waals surface area contributed by atoms with Gasteiger partial charge in [-0.3, -0.25) is 0 Å². The average Bonchev–Trinajstić information content (AvgIpc) is 2.41. The van der Waals surface area contributed by atoms with Crippen LogP contribution in [0.1, 0.15) is 33.3 Å². The molecule has 0 bridgehead atoms. The largest absolute Gasteiger partial charge is 0.497 e. The van der Waals surface area contributed by atoms with Gasteiger partial charge in [0.2, 0.25) is 0 Å². The van der Waals surface area contributed by atoms with E-state index in [2.05, 4.69) is 38.3 Å². The van der Waals surface area contributed by atoms with Gasteiger partial charge in [-0.2, -0.15) is 0 Å². The first kappa shape index (κ1) is 16.8. The molecule has 0 saturated heterocycles. The highest BCUT2D eigenvalue weighted by Crippen LogP contribution is 2.23. The van der Waals surface area contributed by atoms with Gasteiger partial charge in [0, 0.05) is 30.2 Å². The van der Waals surface area contributed by atoms with E-state index in [9.17, 15) is 0 Å². The highest BCUT2D eigenvalue weighted by atomic mass is 16.5. The molecule has 0 aliphatic rings. The summed E-state index contributed by atoms with van der Waals surface area (Å²) >= 11 is 0. The Hall–Kier alpha value is -1.26. The first-order valence-electron chi connectivity index (χ1n) is 7.05. The van der Waals surface area contributed by atoms with E-state index in [1.165, 1.54) is 0 Å². The summed E-state index contributed by atoms with van der Waals surface area (Å²) in [5.74, 6) is 1.73. The smallest absolute Gasteiger partial charge is 0.123 e. The monoisotopic (exact) mass is 280 g/mol. The summed E-state index contributed by atoms with van der Waals surface area (Å²) in [5, 5.41) is 6.99. The Morgan fingerprint density at radius 1 is 1.15 bits per heavy atom. The minimum atomic E-state index is 0.142. The maximum absolute atomic E-state index is 5.38. The molecule has 0 aliphatic carbocycles. The molecule has 1 unspecified atom stereocenters. The third kappa shape index (κ3) is 5.80. The van der Waals surface area contributed by atoms with E-state index in [0.29, 0.717) is 6.04 Å². The zero-order valence-electron chi connectivity index (χ0n) is 13.5. The standard InChI is InChI=1S/C16H28N2O2/c1-12(10-18-16(2,3)4)17-11-13-9-14(19-5)7-8-15(13)20-6/h7-9,12,17-18H,10-11H2,1-6H3. The molecular formula is C16H28N2O2. The van der Waals surface area contributed by atoms with Crippen LogP contribution in [-0.4, -0.2) is 32.3 Å². The first-order valence-corrected chi connectivity index (χ1v) is 7.05. The van der Waals surface area contributed by atoms with Crippen LogP contribution in [0.2, 0.25) is 0 Å². The molecule has 0 saturated carbocycles. The van der Waals surface area contributed by atoms with Gasteiger partial charge in [-0.15, -0.1) is 0 Å². The predicted molar refractivity (Wildman–Crippen MR) is 83.6 cm³/mol. The highest BCUT2D eigenvalue weighted by Gasteiger charge is 2.11. The Balaban J connectivity index is 2.55. The highest BCUT2D eigenvalue weighted by molar-refractivity contribution is 5.40. The van der Waals surface area contributed by atoms with Gasteiger partial charge in [0.25, 0.3) is 0 Å². The quantitative estimate of drug-likeness (QED) is 0.805. The molecule has 1 aromatic carbocycles. The number of nitrogens with one attached hydrogen (secondary N) is 2. The maximum atomic E-state index is 5.38. The van der Waals surface area contributed by atoms with E-state index < -0.39 is 0 Å². The summed E-state index contributed by atoms with van der Waals surface area (Å²) in [6.45, 7) is 10.4. The van der Waals surface area contributed by atoms with Gasteiger partial charge in [-0.05, 0) is 45.9 Å². The molecule has 0 amide bonds. The van der Waals surface area contributed by atoms with Crippen molar-refractivity contribution < 1.29 is 9.47 Å². The van der Waals surface area contributed by atoms with Crippen molar-refractivity contribution in [2.75, 3.05) is 20.8 Å². The maximum Gasteiger partial charge on any atom is 0.123 e. The Morgan fingerprint density at radius 3 is 2.40 bits per heavy atom. The van der Waals surface area contributed by atoms with Gasteiger partial charge in [0.1, 0.15) is 11.5 Å².